The van der Waals surface area contributed by atoms with Gasteiger partial charge in [0.2, 0.25) is 0 Å². The van der Waals surface area contributed by atoms with Gasteiger partial charge in [-0.2, -0.15) is 0 Å². The van der Waals surface area contributed by atoms with E-state index in [1.807, 2.05) is 42.5 Å². The molecule has 1 atom stereocenters. The Labute approximate surface area is 115 Å². The molecule has 0 saturated carbocycles. The first-order chi connectivity index (χ1) is 9.28. The lowest BCUT2D eigenvalue weighted by atomic mass is 10.2. The summed E-state index contributed by atoms with van der Waals surface area (Å²) in [6, 6.07) is 15.1. The molecule has 0 unspecified atom stereocenters. The number of carbonyl (C=O) groups excluding carboxylic acids is 1. The Kier molecular flexibility index (Phi) is 3.17. The first-order valence-corrected chi connectivity index (χ1v) is 6.76. The van der Waals surface area contributed by atoms with E-state index in [-0.39, 0.29) is 11.4 Å². The van der Waals surface area contributed by atoms with Crippen LogP contribution in [0.5, 0.6) is 5.75 Å². The number of carbonyl (C=O) groups is 1. The van der Waals surface area contributed by atoms with E-state index in [9.17, 15) is 4.79 Å². The number of ether oxygens (including phenoxy) is 2. The van der Waals surface area contributed by atoms with E-state index < -0.39 is 0 Å². The number of methoxy groups -OCH3 is 1. The monoisotopic (exact) mass is 272 g/mol. The highest BCUT2D eigenvalue weighted by Gasteiger charge is 2.27. The third-order valence-corrected chi connectivity index (χ3v) is 4.14. The van der Waals surface area contributed by atoms with Gasteiger partial charge >= 0.3 is 5.97 Å². The van der Waals surface area contributed by atoms with Crippen molar-refractivity contribution in [3.8, 4) is 5.75 Å². The van der Waals surface area contributed by atoms with E-state index in [1.165, 1.54) is 0 Å². The minimum atomic E-state index is -0.298. The molecule has 0 N–H and O–H groups in total. The van der Waals surface area contributed by atoms with Crippen LogP contribution in [0.1, 0.15) is 21.4 Å². The zero-order valence-electron chi connectivity index (χ0n) is 10.3. The Balaban J connectivity index is 1.90. The van der Waals surface area contributed by atoms with E-state index in [4.69, 9.17) is 9.47 Å². The molecule has 4 heteroatoms. The smallest absolute Gasteiger partial charge is 0.340 e. The molecule has 0 amide bonds. The van der Waals surface area contributed by atoms with E-state index in [0.717, 1.165) is 16.2 Å². The van der Waals surface area contributed by atoms with Crippen molar-refractivity contribution in [1.29, 1.82) is 0 Å². The fourth-order valence-electron chi connectivity index (χ4n) is 1.94. The van der Waals surface area contributed by atoms with Crippen LogP contribution in [0.25, 0.3) is 0 Å². The Morgan fingerprint density at radius 1 is 1.11 bits per heavy atom. The van der Waals surface area contributed by atoms with Gasteiger partial charge in [0.05, 0.1) is 12.7 Å². The Morgan fingerprint density at radius 2 is 1.84 bits per heavy atom. The van der Waals surface area contributed by atoms with Crippen LogP contribution < -0.4 is 4.74 Å². The van der Waals surface area contributed by atoms with Crippen LogP contribution in [0.2, 0.25) is 0 Å². The van der Waals surface area contributed by atoms with E-state index >= 15 is 0 Å². The molecule has 19 heavy (non-hydrogen) atoms. The maximum Gasteiger partial charge on any atom is 0.340 e. The molecule has 3 nitrogen and oxygen atoms in total. The number of rotatable bonds is 2. The minimum Gasteiger partial charge on any atom is -0.497 e. The van der Waals surface area contributed by atoms with Crippen molar-refractivity contribution in [1.82, 2.24) is 0 Å². The SMILES string of the molecule is COc1ccc([C@@H]2OC(=O)c3ccccc3S2)cc1. The molecule has 2 aromatic carbocycles. The number of cyclic esters (lactones) is 1. The van der Waals surface area contributed by atoms with Gasteiger partial charge in [-0.25, -0.2) is 4.79 Å². The van der Waals surface area contributed by atoms with Crippen LogP contribution in [0.3, 0.4) is 0 Å². The third kappa shape index (κ3) is 2.31. The molecule has 0 spiro atoms. The number of hydrogen-bond donors (Lipinski definition) is 0. The van der Waals surface area contributed by atoms with Crippen molar-refractivity contribution in [2.75, 3.05) is 7.11 Å². The van der Waals surface area contributed by atoms with Crippen LogP contribution in [-0.2, 0) is 4.74 Å². The zero-order chi connectivity index (χ0) is 13.2. The summed E-state index contributed by atoms with van der Waals surface area (Å²) in [7, 11) is 1.63. The molecule has 1 heterocycles. The van der Waals surface area contributed by atoms with E-state index in [0.29, 0.717) is 5.56 Å². The van der Waals surface area contributed by atoms with Crippen LogP contribution in [0, 0.1) is 0 Å². The summed E-state index contributed by atoms with van der Waals surface area (Å²) in [5, 5.41) is 0. The predicted molar refractivity (Wildman–Crippen MR) is 73.4 cm³/mol. The molecule has 0 bridgehead atoms. The van der Waals surface area contributed by atoms with Crippen molar-refractivity contribution in [3.05, 3.63) is 59.7 Å². The molecular formula is C15H12O3S. The van der Waals surface area contributed by atoms with E-state index in [1.54, 1.807) is 24.9 Å². The number of fused-ring (bicyclic) bond motifs is 1. The lowest BCUT2D eigenvalue weighted by Crippen LogP contribution is -2.15. The first-order valence-electron chi connectivity index (χ1n) is 5.88. The van der Waals surface area contributed by atoms with Gasteiger partial charge in [-0.1, -0.05) is 36.0 Å². The lowest BCUT2D eigenvalue weighted by molar-refractivity contribution is 0.0440. The quantitative estimate of drug-likeness (QED) is 0.782. The van der Waals surface area contributed by atoms with Crippen molar-refractivity contribution >= 4 is 17.7 Å². The van der Waals surface area contributed by atoms with Crippen LogP contribution in [-0.4, -0.2) is 13.1 Å². The molecule has 2 aromatic rings. The summed E-state index contributed by atoms with van der Waals surface area (Å²) in [4.78, 5) is 12.9. The molecule has 0 radical (unpaired) electrons. The van der Waals surface area contributed by atoms with Crippen LogP contribution in [0.15, 0.2) is 53.4 Å². The van der Waals surface area contributed by atoms with Crippen LogP contribution >= 0.6 is 11.8 Å². The summed E-state index contributed by atoms with van der Waals surface area (Å²) in [6.07, 6.45) is 0. The lowest BCUT2D eigenvalue weighted by Gasteiger charge is -2.24. The molecule has 0 aliphatic carbocycles. The third-order valence-electron chi connectivity index (χ3n) is 2.94. The second-order valence-electron chi connectivity index (χ2n) is 4.12. The zero-order valence-corrected chi connectivity index (χ0v) is 11.1. The van der Waals surface area contributed by atoms with Gasteiger partial charge in [0, 0.05) is 10.5 Å². The molecule has 1 aliphatic rings. The molecule has 96 valence electrons. The van der Waals surface area contributed by atoms with Gasteiger partial charge in [0.1, 0.15) is 5.75 Å². The number of esters is 1. The maximum atomic E-state index is 11.9. The van der Waals surface area contributed by atoms with Crippen molar-refractivity contribution < 1.29 is 14.3 Å². The van der Waals surface area contributed by atoms with Gasteiger partial charge < -0.3 is 9.47 Å². The first kappa shape index (κ1) is 12.1. The molecular weight excluding hydrogens is 260 g/mol. The number of benzene rings is 2. The van der Waals surface area contributed by atoms with Crippen LogP contribution in [0.4, 0.5) is 0 Å². The predicted octanol–water partition coefficient (Wildman–Crippen LogP) is 3.66. The Bertz CT molecular complexity index is 607. The highest BCUT2D eigenvalue weighted by atomic mass is 32.2. The van der Waals surface area contributed by atoms with Crippen molar-refractivity contribution in [3.63, 3.8) is 0 Å². The Morgan fingerprint density at radius 3 is 2.58 bits per heavy atom. The van der Waals surface area contributed by atoms with Gasteiger partial charge in [-0.3, -0.25) is 0 Å². The summed E-state index contributed by atoms with van der Waals surface area (Å²) in [5.74, 6) is 0.520. The fraction of sp³-hybridized carbons (Fsp3) is 0.133. The number of hydrogen-bond acceptors (Lipinski definition) is 4. The Hall–Kier alpha value is -1.94. The maximum absolute atomic E-state index is 11.9. The largest absolute Gasteiger partial charge is 0.497 e. The van der Waals surface area contributed by atoms with Gasteiger partial charge in [0.15, 0.2) is 5.44 Å². The standard InChI is InChI=1S/C15H12O3S/c1-17-11-8-6-10(7-9-11)15-18-14(16)12-4-2-3-5-13(12)19-15/h2-9,15H,1H3/t15-/m1/s1. The van der Waals surface area contributed by atoms with Gasteiger partial charge in [-0.15, -0.1) is 0 Å². The second-order valence-corrected chi connectivity index (χ2v) is 5.23. The molecule has 0 aromatic heterocycles. The average molecular weight is 272 g/mol. The highest BCUT2D eigenvalue weighted by molar-refractivity contribution is 7.99. The summed E-state index contributed by atoms with van der Waals surface area (Å²) >= 11 is 1.54. The van der Waals surface area contributed by atoms with E-state index in [2.05, 4.69) is 0 Å². The molecule has 1 aliphatic heterocycles. The topological polar surface area (TPSA) is 35.5 Å². The second kappa shape index (κ2) is 4.97. The summed E-state index contributed by atoms with van der Waals surface area (Å²) in [6.45, 7) is 0. The summed E-state index contributed by atoms with van der Waals surface area (Å²) < 4.78 is 10.6. The molecule has 0 saturated heterocycles. The highest BCUT2D eigenvalue weighted by Crippen LogP contribution is 2.42. The molecule has 3 rings (SSSR count). The normalized spacial score (nSPS) is 17.5. The van der Waals surface area contributed by atoms with Gasteiger partial charge in [0.25, 0.3) is 0 Å². The minimum absolute atomic E-state index is 0.268. The fourth-order valence-corrected chi connectivity index (χ4v) is 3.03. The van der Waals surface area contributed by atoms with Crippen molar-refractivity contribution in [2.24, 2.45) is 0 Å². The molecule has 0 fully saturated rings. The summed E-state index contributed by atoms with van der Waals surface area (Å²) in [5.41, 5.74) is 1.29. The number of thioether (sulfide) groups is 1. The van der Waals surface area contributed by atoms with Crippen molar-refractivity contribution in [2.45, 2.75) is 10.3 Å². The average Bonchev–Trinajstić information content (AvgIpc) is 2.47. The van der Waals surface area contributed by atoms with Gasteiger partial charge in [-0.05, 0) is 24.3 Å².